The van der Waals surface area contributed by atoms with Gasteiger partial charge in [-0.15, -0.1) is 5.10 Å². The van der Waals surface area contributed by atoms with E-state index in [2.05, 4.69) is 34.3 Å². The van der Waals surface area contributed by atoms with Crippen molar-refractivity contribution in [3.8, 4) is 17.8 Å². The normalized spacial score (nSPS) is 19.4. The Balaban J connectivity index is 1.38. The molecule has 2 aliphatic rings. The van der Waals surface area contributed by atoms with Gasteiger partial charge in [0.15, 0.2) is 11.5 Å². The first-order chi connectivity index (χ1) is 21.2. The van der Waals surface area contributed by atoms with Gasteiger partial charge in [0.05, 0.1) is 29.8 Å². The Morgan fingerprint density at radius 1 is 1.20 bits per heavy atom. The number of aromatic nitrogens is 4. The fraction of sp³-hybridized carbons (Fsp3) is 0.485. The van der Waals surface area contributed by atoms with Crippen LogP contribution in [0.5, 0.6) is 11.8 Å². The molecule has 2 atom stereocenters. The second-order valence-corrected chi connectivity index (χ2v) is 12.9. The lowest BCUT2D eigenvalue weighted by atomic mass is 9.97. The fourth-order valence-corrected chi connectivity index (χ4v) is 5.93. The molecule has 0 amide bonds. The Morgan fingerprint density at radius 2 is 2.05 bits per heavy atom. The van der Waals surface area contributed by atoms with Gasteiger partial charge in [-0.2, -0.15) is 10.2 Å². The number of carbonyl (C=O) groups excluding carboxylic acids is 1. The highest BCUT2D eigenvalue weighted by atomic mass is 16.5. The molecule has 4 aromatic rings. The molecular formula is C33H40N8O3. The summed E-state index contributed by atoms with van der Waals surface area (Å²) in [4.78, 5) is 26.9. The minimum Gasteiger partial charge on any atom is -0.461 e. The third-order valence-electron chi connectivity index (χ3n) is 8.48. The highest BCUT2D eigenvalue weighted by Gasteiger charge is 2.27. The minimum atomic E-state index is -0.624. The molecule has 11 heteroatoms. The average molecular weight is 597 g/mol. The fourth-order valence-electron chi connectivity index (χ4n) is 5.93. The Kier molecular flexibility index (Phi) is 8.38. The van der Waals surface area contributed by atoms with Crippen LogP contribution in [0.3, 0.4) is 0 Å². The van der Waals surface area contributed by atoms with Gasteiger partial charge in [0, 0.05) is 38.1 Å². The van der Waals surface area contributed by atoms with Crippen LogP contribution in [0.4, 0.5) is 5.82 Å². The Hall–Kier alpha value is -4.27. The second-order valence-electron chi connectivity index (χ2n) is 12.9. The molecule has 2 fully saturated rings. The molecule has 230 valence electrons. The number of nitriles is 1. The maximum Gasteiger partial charge on any atom is 0.336 e. The number of piperazine rings is 1. The topological polar surface area (TPSA) is 121 Å². The van der Waals surface area contributed by atoms with E-state index < -0.39 is 5.41 Å². The van der Waals surface area contributed by atoms with Crippen molar-refractivity contribution in [1.82, 2.24) is 29.8 Å². The molecule has 4 heterocycles. The summed E-state index contributed by atoms with van der Waals surface area (Å²) in [6, 6.07) is 14.9. The van der Waals surface area contributed by atoms with Gasteiger partial charge >= 0.3 is 12.0 Å². The van der Waals surface area contributed by atoms with Gasteiger partial charge in [-0.3, -0.25) is 4.79 Å². The Bertz CT molecular complexity index is 1710. The quantitative estimate of drug-likeness (QED) is 0.236. The van der Waals surface area contributed by atoms with Crippen molar-refractivity contribution in [3.05, 3.63) is 53.9 Å². The van der Waals surface area contributed by atoms with Gasteiger partial charge in [0.2, 0.25) is 0 Å². The van der Waals surface area contributed by atoms with Crippen LogP contribution < -0.4 is 19.7 Å². The van der Waals surface area contributed by atoms with Crippen LogP contribution in [-0.2, 0) is 11.2 Å². The van der Waals surface area contributed by atoms with Crippen molar-refractivity contribution in [2.24, 2.45) is 5.41 Å². The molecular weight excluding hydrogens is 556 g/mol. The monoisotopic (exact) mass is 596 g/mol. The maximum atomic E-state index is 12.7. The van der Waals surface area contributed by atoms with Crippen LogP contribution in [0.1, 0.15) is 51.3 Å². The number of nitrogens with zero attached hydrogens (tertiary/aromatic N) is 7. The number of nitrogens with one attached hydrogen (secondary N) is 1. The zero-order valence-corrected chi connectivity index (χ0v) is 25.9. The summed E-state index contributed by atoms with van der Waals surface area (Å²) in [6.45, 7) is 9.21. The van der Waals surface area contributed by atoms with Crippen LogP contribution in [0.25, 0.3) is 16.4 Å². The number of benzene rings is 2. The van der Waals surface area contributed by atoms with Crippen LogP contribution in [0, 0.1) is 16.7 Å². The van der Waals surface area contributed by atoms with Gasteiger partial charge < -0.3 is 24.6 Å². The van der Waals surface area contributed by atoms with Crippen molar-refractivity contribution >= 4 is 28.2 Å². The number of likely N-dealkylation sites (tertiary alicyclic amines) is 1. The first-order valence-corrected chi connectivity index (χ1v) is 15.4. The molecule has 6 rings (SSSR count). The lowest BCUT2D eigenvalue weighted by molar-refractivity contribution is -0.142. The lowest BCUT2D eigenvalue weighted by Crippen LogP contribution is -2.51. The second kappa shape index (κ2) is 12.4. The molecule has 2 aliphatic heterocycles. The van der Waals surface area contributed by atoms with E-state index in [0.717, 1.165) is 54.5 Å². The summed E-state index contributed by atoms with van der Waals surface area (Å²) < 4.78 is 13.9. The number of fused-ring (bicyclic) bond motifs is 2. The molecule has 0 bridgehead atoms. The average Bonchev–Trinajstić information content (AvgIpc) is 3.61. The summed E-state index contributed by atoms with van der Waals surface area (Å²) >= 11 is 0. The number of rotatable bonds is 8. The molecule has 44 heavy (non-hydrogen) atoms. The smallest absolute Gasteiger partial charge is 0.336 e. The third-order valence-corrected chi connectivity index (χ3v) is 8.48. The standard InChI is InChI=1S/C33H40N8O3/c1-33(2,3)31(42)44-27-17-22-8-5-6-10-28(22)23(18-27)16-26-19-36-29-30(40-15-13-35-24(20-40)11-12-34)37-32(38-41(26)29)43-21-25-9-7-14-39(25)4/h5-6,8,10,17-19,24-25,35H,7,9,11,13-16,20-21H2,1-4H3/t24-,25-/m0/s1. The van der Waals surface area contributed by atoms with E-state index >= 15 is 0 Å². The number of hydrogen-bond acceptors (Lipinski definition) is 10. The van der Waals surface area contributed by atoms with E-state index in [0.29, 0.717) is 55.3 Å². The predicted molar refractivity (Wildman–Crippen MR) is 168 cm³/mol. The highest BCUT2D eigenvalue weighted by Crippen LogP contribution is 2.30. The number of anilines is 1. The van der Waals surface area contributed by atoms with Crippen LogP contribution in [0.15, 0.2) is 42.6 Å². The summed E-state index contributed by atoms with van der Waals surface area (Å²) in [7, 11) is 2.12. The van der Waals surface area contributed by atoms with Gasteiger partial charge in [-0.05, 0) is 75.7 Å². The van der Waals surface area contributed by atoms with Crippen molar-refractivity contribution in [3.63, 3.8) is 0 Å². The van der Waals surface area contributed by atoms with E-state index in [1.54, 1.807) is 0 Å². The zero-order valence-electron chi connectivity index (χ0n) is 25.9. The predicted octanol–water partition coefficient (Wildman–Crippen LogP) is 3.98. The van der Waals surface area contributed by atoms with Crippen LogP contribution in [0.2, 0.25) is 0 Å². The van der Waals surface area contributed by atoms with E-state index in [4.69, 9.17) is 24.5 Å². The van der Waals surface area contributed by atoms with E-state index in [9.17, 15) is 10.1 Å². The van der Waals surface area contributed by atoms with Crippen molar-refractivity contribution in [2.75, 3.05) is 44.7 Å². The molecule has 0 aliphatic carbocycles. The van der Waals surface area contributed by atoms with Crippen molar-refractivity contribution < 1.29 is 14.3 Å². The molecule has 0 spiro atoms. The van der Waals surface area contributed by atoms with Crippen LogP contribution in [-0.4, -0.2) is 82.4 Å². The molecule has 2 aromatic carbocycles. The number of esters is 1. The number of carbonyl (C=O) groups is 1. The third kappa shape index (κ3) is 6.32. The van der Waals surface area contributed by atoms with Gasteiger partial charge in [0.25, 0.3) is 0 Å². The summed E-state index contributed by atoms with van der Waals surface area (Å²) in [5.74, 6) is 0.923. The van der Waals surface area contributed by atoms with Gasteiger partial charge in [-0.1, -0.05) is 24.3 Å². The summed E-state index contributed by atoms with van der Waals surface area (Å²) in [5.41, 5.74) is 1.87. The first-order valence-electron chi connectivity index (χ1n) is 15.4. The molecule has 2 saturated heterocycles. The molecule has 1 N–H and O–H groups in total. The molecule has 11 nitrogen and oxygen atoms in total. The van der Waals surface area contributed by atoms with Gasteiger partial charge in [0.1, 0.15) is 12.4 Å². The van der Waals surface area contributed by atoms with Crippen molar-refractivity contribution in [2.45, 2.75) is 58.5 Å². The number of ether oxygens (including phenoxy) is 2. The Labute approximate surface area is 257 Å². The number of hydrogen-bond donors (Lipinski definition) is 1. The zero-order chi connectivity index (χ0) is 30.8. The van der Waals surface area contributed by atoms with Crippen LogP contribution >= 0.6 is 0 Å². The molecule has 0 saturated carbocycles. The SMILES string of the molecule is CN1CCC[C@H]1COc1nc(N2CCN[C@@H](CC#N)C2)c2ncc(Cc3cc(OC(=O)C(C)(C)C)cc4ccccc34)n2n1. The van der Waals surface area contributed by atoms with E-state index in [1.165, 1.54) is 0 Å². The number of likely N-dealkylation sites (N-methyl/N-ethyl adjacent to an activating group) is 1. The van der Waals surface area contributed by atoms with E-state index in [1.807, 2.05) is 61.8 Å². The van der Waals surface area contributed by atoms with Crippen molar-refractivity contribution in [1.29, 1.82) is 5.26 Å². The lowest BCUT2D eigenvalue weighted by Gasteiger charge is -2.33. The molecule has 0 unspecified atom stereocenters. The Morgan fingerprint density at radius 3 is 2.82 bits per heavy atom. The summed E-state index contributed by atoms with van der Waals surface area (Å²) in [5, 5.41) is 19.6. The minimum absolute atomic E-state index is 0.0413. The summed E-state index contributed by atoms with van der Waals surface area (Å²) in [6.07, 6.45) is 4.99. The first kappa shape index (κ1) is 29.8. The highest BCUT2D eigenvalue weighted by molar-refractivity contribution is 5.88. The molecule has 2 aromatic heterocycles. The largest absolute Gasteiger partial charge is 0.461 e. The van der Waals surface area contributed by atoms with Gasteiger partial charge in [-0.25, -0.2) is 9.50 Å². The van der Waals surface area contributed by atoms with E-state index in [-0.39, 0.29) is 12.0 Å². The molecule has 0 radical (unpaired) electrons. The maximum absolute atomic E-state index is 12.7. The number of imidazole rings is 1.